The van der Waals surface area contributed by atoms with Crippen molar-refractivity contribution in [1.82, 2.24) is 0 Å². The molecule has 0 aliphatic heterocycles. The second kappa shape index (κ2) is 5.92. The van der Waals surface area contributed by atoms with Gasteiger partial charge in [0.2, 0.25) is 0 Å². The van der Waals surface area contributed by atoms with E-state index in [9.17, 15) is 0 Å². The van der Waals surface area contributed by atoms with Crippen LogP contribution in [0.5, 0.6) is 0 Å². The van der Waals surface area contributed by atoms with E-state index in [1.54, 1.807) is 0 Å². The van der Waals surface area contributed by atoms with E-state index < -0.39 is 0 Å². The lowest BCUT2D eigenvalue weighted by molar-refractivity contribution is 1.67. The van der Waals surface area contributed by atoms with Gasteiger partial charge in [-0.25, -0.2) is 0 Å². The van der Waals surface area contributed by atoms with Gasteiger partial charge >= 0.3 is 0 Å². The molecule has 0 heterocycles. The molecular formula is C16H20. The Labute approximate surface area is 98.9 Å². The maximum atomic E-state index is 3.80. The van der Waals surface area contributed by atoms with E-state index in [-0.39, 0.29) is 14.9 Å². The van der Waals surface area contributed by atoms with Crippen molar-refractivity contribution in [2.75, 3.05) is 0 Å². The number of hydrogen-bond donors (Lipinski definition) is 0. The Balaban J connectivity index is 0.00000112. The van der Waals surface area contributed by atoms with Crippen molar-refractivity contribution >= 4 is 22.9 Å². The first-order valence-corrected chi connectivity index (χ1v) is 4.63. The van der Waals surface area contributed by atoms with Crippen molar-refractivity contribution in [2.24, 2.45) is 0 Å². The third-order valence-electron chi connectivity index (χ3n) is 2.39. The van der Waals surface area contributed by atoms with E-state index in [4.69, 9.17) is 0 Å². The summed E-state index contributed by atoms with van der Waals surface area (Å²) in [6.07, 6.45) is 3.73. The summed E-state index contributed by atoms with van der Waals surface area (Å²) >= 11 is 0. The molecular weight excluding hydrogens is 192 g/mol. The Morgan fingerprint density at radius 1 is 0.750 bits per heavy atom. The molecule has 0 aliphatic carbocycles. The van der Waals surface area contributed by atoms with Gasteiger partial charge in [-0.15, -0.1) is 0 Å². The van der Waals surface area contributed by atoms with Crippen molar-refractivity contribution in [3.05, 3.63) is 60.7 Å². The average molecular weight is 212 g/mol. The highest BCUT2D eigenvalue weighted by molar-refractivity contribution is 5.88. The lowest BCUT2D eigenvalue weighted by Crippen LogP contribution is -1.81. The quantitative estimate of drug-likeness (QED) is 0.625. The van der Waals surface area contributed by atoms with Crippen molar-refractivity contribution in [3.63, 3.8) is 0 Å². The Morgan fingerprint density at radius 3 is 1.44 bits per heavy atom. The Bertz CT molecular complexity index is 446. The predicted octanol–water partition coefficient (Wildman–Crippen LogP) is 5.40. The van der Waals surface area contributed by atoms with Crippen LogP contribution < -0.4 is 0 Å². The van der Waals surface area contributed by atoms with Gasteiger partial charge in [0.1, 0.15) is 0 Å². The molecule has 0 amide bonds. The summed E-state index contributed by atoms with van der Waals surface area (Å²) in [5.41, 5.74) is 2.28. The lowest BCUT2D eigenvalue weighted by Gasteiger charge is -2.04. The third kappa shape index (κ3) is 2.40. The fourth-order valence-corrected chi connectivity index (χ4v) is 1.63. The highest BCUT2D eigenvalue weighted by atomic mass is 14.0. The topological polar surface area (TPSA) is 0 Å². The van der Waals surface area contributed by atoms with E-state index in [1.807, 2.05) is 24.3 Å². The molecule has 0 heteroatoms. The van der Waals surface area contributed by atoms with E-state index in [0.29, 0.717) is 0 Å². The van der Waals surface area contributed by atoms with Gasteiger partial charge in [-0.1, -0.05) is 64.4 Å². The summed E-state index contributed by atoms with van der Waals surface area (Å²) in [6.45, 7) is 7.60. The molecule has 0 aliphatic rings. The Kier molecular flexibility index (Phi) is 5.24. The summed E-state index contributed by atoms with van der Waals surface area (Å²) < 4.78 is 0. The van der Waals surface area contributed by atoms with Crippen LogP contribution in [0.4, 0.5) is 0 Å². The molecule has 0 aromatic heterocycles. The van der Waals surface area contributed by atoms with Crippen molar-refractivity contribution in [2.45, 2.75) is 14.9 Å². The molecule has 0 bridgehead atoms. The molecule has 2 rings (SSSR count). The van der Waals surface area contributed by atoms with Gasteiger partial charge in [-0.05, 0) is 34.0 Å². The minimum Gasteiger partial charge on any atom is -0.0984 e. The van der Waals surface area contributed by atoms with Crippen LogP contribution in [0.25, 0.3) is 22.9 Å². The van der Waals surface area contributed by atoms with Crippen molar-refractivity contribution < 1.29 is 0 Å². The SMILES string of the molecule is C.C.C=Cc1cc2ccccc2cc1C=C. The molecule has 0 spiro atoms. The zero-order chi connectivity index (χ0) is 9.97. The van der Waals surface area contributed by atoms with Gasteiger partial charge in [0.25, 0.3) is 0 Å². The third-order valence-corrected chi connectivity index (χ3v) is 2.39. The van der Waals surface area contributed by atoms with Crippen LogP contribution in [0.3, 0.4) is 0 Å². The molecule has 0 saturated carbocycles. The molecule has 0 N–H and O–H groups in total. The number of benzene rings is 2. The Hall–Kier alpha value is -1.82. The maximum Gasteiger partial charge on any atom is -0.0178 e. The van der Waals surface area contributed by atoms with Crippen LogP contribution in [0.15, 0.2) is 49.6 Å². The molecule has 0 nitrogen and oxygen atoms in total. The molecule has 16 heavy (non-hydrogen) atoms. The molecule has 2 aromatic carbocycles. The maximum absolute atomic E-state index is 3.80. The molecule has 0 atom stereocenters. The first kappa shape index (κ1) is 14.2. The molecule has 2 aromatic rings. The smallest absolute Gasteiger partial charge is 0.0178 e. The van der Waals surface area contributed by atoms with Gasteiger partial charge in [0, 0.05) is 0 Å². The minimum absolute atomic E-state index is 0. The number of fused-ring (bicyclic) bond motifs is 1. The predicted molar refractivity (Wildman–Crippen MR) is 77.6 cm³/mol. The summed E-state index contributed by atoms with van der Waals surface area (Å²) in [5, 5.41) is 2.49. The first-order chi connectivity index (χ1) is 6.85. The van der Waals surface area contributed by atoms with Gasteiger partial charge < -0.3 is 0 Å². The van der Waals surface area contributed by atoms with E-state index in [1.165, 1.54) is 10.8 Å². The van der Waals surface area contributed by atoms with Gasteiger partial charge in [0.15, 0.2) is 0 Å². The largest absolute Gasteiger partial charge is 0.0984 e. The molecule has 0 fully saturated rings. The van der Waals surface area contributed by atoms with E-state index in [2.05, 4.69) is 37.4 Å². The van der Waals surface area contributed by atoms with E-state index >= 15 is 0 Å². The monoisotopic (exact) mass is 212 g/mol. The van der Waals surface area contributed by atoms with Crippen LogP contribution in [0.1, 0.15) is 26.0 Å². The Morgan fingerprint density at radius 2 is 1.12 bits per heavy atom. The minimum atomic E-state index is 0. The normalized spacial score (nSPS) is 8.75. The fourth-order valence-electron chi connectivity index (χ4n) is 1.63. The zero-order valence-electron chi connectivity index (χ0n) is 8.03. The van der Waals surface area contributed by atoms with Gasteiger partial charge in [-0.3, -0.25) is 0 Å². The van der Waals surface area contributed by atoms with Crippen LogP contribution in [0.2, 0.25) is 0 Å². The second-order valence-corrected chi connectivity index (χ2v) is 3.24. The number of rotatable bonds is 2. The van der Waals surface area contributed by atoms with Crippen LogP contribution >= 0.6 is 0 Å². The fraction of sp³-hybridized carbons (Fsp3) is 0.125. The molecule has 0 saturated heterocycles. The molecule has 84 valence electrons. The van der Waals surface area contributed by atoms with Gasteiger partial charge in [0.05, 0.1) is 0 Å². The molecule has 0 radical (unpaired) electrons. The van der Waals surface area contributed by atoms with Crippen molar-refractivity contribution in [3.8, 4) is 0 Å². The standard InChI is InChI=1S/C14H12.2CH4/c1-3-11-9-13-7-5-6-8-14(13)10-12(11)4-2;;/h3-10H,1-2H2;2*1H4. The summed E-state index contributed by atoms with van der Waals surface area (Å²) in [4.78, 5) is 0. The summed E-state index contributed by atoms with van der Waals surface area (Å²) in [6, 6.07) is 12.6. The van der Waals surface area contributed by atoms with Crippen molar-refractivity contribution in [1.29, 1.82) is 0 Å². The van der Waals surface area contributed by atoms with E-state index in [0.717, 1.165) is 11.1 Å². The van der Waals surface area contributed by atoms with Crippen LogP contribution in [0, 0.1) is 0 Å². The number of hydrogen-bond acceptors (Lipinski definition) is 0. The highest BCUT2D eigenvalue weighted by Crippen LogP contribution is 2.21. The van der Waals surface area contributed by atoms with Crippen LogP contribution in [-0.2, 0) is 0 Å². The zero-order valence-corrected chi connectivity index (χ0v) is 8.03. The first-order valence-electron chi connectivity index (χ1n) is 4.63. The van der Waals surface area contributed by atoms with Gasteiger partial charge in [-0.2, -0.15) is 0 Å². The second-order valence-electron chi connectivity index (χ2n) is 3.24. The van der Waals surface area contributed by atoms with Crippen LogP contribution in [-0.4, -0.2) is 0 Å². The average Bonchev–Trinajstić information content (AvgIpc) is 2.27. The molecule has 0 unspecified atom stereocenters. The summed E-state index contributed by atoms with van der Waals surface area (Å²) in [5.74, 6) is 0. The summed E-state index contributed by atoms with van der Waals surface area (Å²) in [7, 11) is 0. The highest BCUT2D eigenvalue weighted by Gasteiger charge is 1.98. The lowest BCUT2D eigenvalue weighted by atomic mass is 10.0.